The van der Waals surface area contributed by atoms with Gasteiger partial charge in [-0.25, -0.2) is 0 Å². The maximum Gasteiger partial charge on any atom is 0.308 e. The number of aromatic nitrogens is 1. The minimum absolute atomic E-state index is 0.129. The second-order valence-corrected chi connectivity index (χ2v) is 12.3. The average Bonchev–Trinajstić information content (AvgIpc) is 3.49. The lowest BCUT2D eigenvalue weighted by Crippen LogP contribution is -2.73. The molecule has 2 N–H and O–H groups in total. The van der Waals surface area contributed by atoms with Crippen LogP contribution in [0.1, 0.15) is 48.8 Å². The number of nitrogens with zero attached hydrogens (tertiary/aromatic N) is 2. The van der Waals surface area contributed by atoms with Crippen molar-refractivity contribution in [2.75, 3.05) is 26.2 Å². The molecule has 1 unspecified atom stereocenters. The monoisotopic (exact) mass is 606 g/mol. The molecule has 8 nitrogen and oxygen atoms in total. The molecule has 1 atom stereocenters. The van der Waals surface area contributed by atoms with Crippen LogP contribution in [-0.2, 0) is 38.6 Å². The number of piperidine rings is 1. The number of rotatable bonds is 12. The van der Waals surface area contributed by atoms with Gasteiger partial charge in [-0.15, -0.1) is 0 Å². The largest absolute Gasteiger partial charge is 0.461 e. The van der Waals surface area contributed by atoms with Gasteiger partial charge in [0.2, 0.25) is 11.8 Å². The summed E-state index contributed by atoms with van der Waals surface area (Å²) in [6, 6.07) is 27.2. The van der Waals surface area contributed by atoms with E-state index in [9.17, 15) is 14.4 Å². The number of nitrogens with one attached hydrogen (secondary N) is 2. The van der Waals surface area contributed by atoms with E-state index in [1.165, 1.54) is 5.56 Å². The number of H-pyrrole nitrogens is 1. The van der Waals surface area contributed by atoms with Gasteiger partial charge in [0, 0.05) is 36.7 Å². The summed E-state index contributed by atoms with van der Waals surface area (Å²) in [5, 5.41) is 4.06. The first-order valence-corrected chi connectivity index (χ1v) is 16.2. The van der Waals surface area contributed by atoms with Crippen LogP contribution in [0.25, 0.3) is 10.9 Å². The summed E-state index contributed by atoms with van der Waals surface area (Å²) in [6.45, 7) is 3.01. The van der Waals surface area contributed by atoms with E-state index < -0.39 is 17.6 Å². The Bertz CT molecular complexity index is 1590. The van der Waals surface area contributed by atoms with Gasteiger partial charge in [0.05, 0.1) is 6.42 Å². The number of aromatic amines is 1. The number of benzene rings is 3. The lowest BCUT2D eigenvalue weighted by atomic mass is 9.81. The first-order valence-electron chi connectivity index (χ1n) is 16.2. The smallest absolute Gasteiger partial charge is 0.308 e. The normalized spacial score (nSPS) is 18.3. The number of likely N-dealkylation sites (tertiary alicyclic amines) is 1. The summed E-state index contributed by atoms with van der Waals surface area (Å²) in [5.41, 5.74) is 3.46. The van der Waals surface area contributed by atoms with Crippen LogP contribution in [0.4, 0.5) is 0 Å². The topological polar surface area (TPSA) is 94.7 Å². The molecule has 0 aliphatic carbocycles. The Morgan fingerprint density at radius 2 is 1.51 bits per heavy atom. The van der Waals surface area contributed by atoms with Crippen molar-refractivity contribution < 1.29 is 19.1 Å². The number of hydrogen-bond acceptors (Lipinski definition) is 5. The van der Waals surface area contributed by atoms with E-state index in [4.69, 9.17) is 4.74 Å². The van der Waals surface area contributed by atoms with Gasteiger partial charge < -0.3 is 24.8 Å². The Labute approximate surface area is 264 Å². The lowest BCUT2D eigenvalue weighted by molar-refractivity contribution is -0.163. The Kier molecular flexibility index (Phi) is 9.60. The van der Waals surface area contributed by atoms with E-state index in [1.807, 2.05) is 60.8 Å². The van der Waals surface area contributed by atoms with Crippen LogP contribution in [0.15, 0.2) is 91.1 Å². The fourth-order valence-corrected chi connectivity index (χ4v) is 6.83. The summed E-state index contributed by atoms with van der Waals surface area (Å²) in [5.74, 6) is -0.872. The number of aryl methyl sites for hydroxylation is 1. The quantitative estimate of drug-likeness (QED) is 0.174. The molecule has 8 heteroatoms. The Morgan fingerprint density at radius 1 is 0.822 bits per heavy atom. The zero-order chi connectivity index (χ0) is 31.1. The molecule has 0 radical (unpaired) electrons. The molecule has 0 bridgehead atoms. The number of esters is 1. The Hall–Kier alpha value is -4.43. The van der Waals surface area contributed by atoms with Gasteiger partial charge in [-0.05, 0) is 67.8 Å². The molecule has 45 heavy (non-hydrogen) atoms. The summed E-state index contributed by atoms with van der Waals surface area (Å²) in [4.78, 5) is 48.3. The molecule has 2 aliphatic heterocycles. The van der Waals surface area contributed by atoms with Gasteiger partial charge in [0.25, 0.3) is 0 Å². The maximum absolute atomic E-state index is 14.1. The molecule has 2 fully saturated rings. The van der Waals surface area contributed by atoms with Gasteiger partial charge in [-0.3, -0.25) is 14.4 Å². The van der Waals surface area contributed by atoms with E-state index in [-0.39, 0.29) is 24.8 Å². The highest BCUT2D eigenvalue weighted by Crippen LogP contribution is 2.34. The highest BCUT2D eigenvalue weighted by atomic mass is 16.5. The van der Waals surface area contributed by atoms with Gasteiger partial charge in [0.1, 0.15) is 18.2 Å². The molecule has 6 rings (SSSR count). The molecular formula is C37H42N4O4. The third-order valence-corrected chi connectivity index (χ3v) is 9.42. The number of para-hydroxylation sites is 1. The zero-order valence-corrected chi connectivity index (χ0v) is 25.8. The first-order chi connectivity index (χ1) is 22.0. The predicted octanol–water partition coefficient (Wildman–Crippen LogP) is 5.03. The summed E-state index contributed by atoms with van der Waals surface area (Å²) >= 11 is 0. The minimum atomic E-state index is -0.939. The number of piperazine rings is 1. The lowest BCUT2D eigenvalue weighted by Gasteiger charge is -2.51. The zero-order valence-electron chi connectivity index (χ0n) is 25.8. The number of ether oxygens (including phenoxy) is 1. The standard InChI is InChI=1S/C37H42N4O4/c42-34(45-27-29-14-5-2-6-15-29)25-33-35(43)41(22-18-30-26-38-32-17-8-7-16-31(30)32)37(36(44)39-33)19-23-40(24-20-37)21-10-9-13-28-11-3-1-4-12-28/h1-8,11-12,14-17,26,33,38H,9-10,13,18-25,27H2,(H,39,44). The van der Waals surface area contributed by atoms with Crippen molar-refractivity contribution in [2.24, 2.45) is 0 Å². The first kappa shape index (κ1) is 30.6. The fourth-order valence-electron chi connectivity index (χ4n) is 6.83. The van der Waals surface area contributed by atoms with Crippen LogP contribution in [0.5, 0.6) is 0 Å². The second-order valence-electron chi connectivity index (χ2n) is 12.3. The number of carbonyl (C=O) groups is 3. The summed E-state index contributed by atoms with van der Waals surface area (Å²) < 4.78 is 5.47. The maximum atomic E-state index is 14.1. The van der Waals surface area contributed by atoms with E-state index in [2.05, 4.69) is 45.5 Å². The number of hydrogen-bond donors (Lipinski definition) is 2. The van der Waals surface area contributed by atoms with Crippen LogP contribution >= 0.6 is 0 Å². The van der Waals surface area contributed by atoms with Gasteiger partial charge >= 0.3 is 5.97 Å². The van der Waals surface area contributed by atoms with E-state index in [1.54, 1.807) is 4.90 Å². The van der Waals surface area contributed by atoms with Crippen molar-refractivity contribution in [3.05, 3.63) is 108 Å². The molecule has 3 heterocycles. The molecule has 1 aromatic heterocycles. The van der Waals surface area contributed by atoms with Gasteiger partial charge in [-0.1, -0.05) is 78.9 Å². The van der Waals surface area contributed by atoms with Crippen LogP contribution in [0.3, 0.4) is 0 Å². The molecule has 234 valence electrons. The highest BCUT2D eigenvalue weighted by Gasteiger charge is 2.53. The van der Waals surface area contributed by atoms with Crippen LogP contribution < -0.4 is 5.32 Å². The fraction of sp³-hybridized carbons (Fsp3) is 0.378. The number of unbranched alkanes of at least 4 members (excludes halogenated alkanes) is 1. The molecule has 3 aromatic carbocycles. The van der Waals surface area contributed by atoms with E-state index in [0.29, 0.717) is 25.8 Å². The Morgan fingerprint density at radius 3 is 2.27 bits per heavy atom. The van der Waals surface area contributed by atoms with Crippen molar-refractivity contribution >= 4 is 28.7 Å². The highest BCUT2D eigenvalue weighted by molar-refractivity contribution is 6.01. The number of amides is 2. The van der Waals surface area contributed by atoms with Crippen molar-refractivity contribution in [3.8, 4) is 0 Å². The molecule has 0 saturated carbocycles. The predicted molar refractivity (Wildman–Crippen MR) is 174 cm³/mol. The van der Waals surface area contributed by atoms with Crippen molar-refractivity contribution in [3.63, 3.8) is 0 Å². The third kappa shape index (κ3) is 7.12. The number of carbonyl (C=O) groups excluding carboxylic acids is 3. The molecular weight excluding hydrogens is 564 g/mol. The molecule has 1 spiro atoms. The molecule has 2 amide bonds. The number of fused-ring (bicyclic) bond motifs is 1. The summed E-state index contributed by atoms with van der Waals surface area (Å²) in [7, 11) is 0. The van der Waals surface area contributed by atoms with Crippen molar-refractivity contribution in [1.82, 2.24) is 20.1 Å². The van der Waals surface area contributed by atoms with E-state index >= 15 is 0 Å². The SMILES string of the molecule is O=C(CC1NC(=O)C2(CCN(CCCCc3ccccc3)CC2)N(CCc2c[nH]c3ccccc23)C1=O)OCc1ccccc1. The van der Waals surface area contributed by atoms with E-state index in [0.717, 1.165) is 60.9 Å². The second kappa shape index (κ2) is 14.1. The van der Waals surface area contributed by atoms with Gasteiger partial charge in [-0.2, -0.15) is 0 Å². The van der Waals surface area contributed by atoms with Crippen LogP contribution in [-0.4, -0.2) is 70.3 Å². The van der Waals surface area contributed by atoms with Crippen LogP contribution in [0, 0.1) is 0 Å². The van der Waals surface area contributed by atoms with Crippen LogP contribution in [0.2, 0.25) is 0 Å². The third-order valence-electron chi connectivity index (χ3n) is 9.42. The molecule has 4 aromatic rings. The molecule has 2 aliphatic rings. The average molecular weight is 607 g/mol. The van der Waals surface area contributed by atoms with Crippen molar-refractivity contribution in [2.45, 2.75) is 63.1 Å². The Balaban J connectivity index is 1.11. The van der Waals surface area contributed by atoms with Gasteiger partial charge in [0.15, 0.2) is 0 Å². The minimum Gasteiger partial charge on any atom is -0.461 e. The summed E-state index contributed by atoms with van der Waals surface area (Å²) in [6.07, 6.45) is 6.82. The molecule has 2 saturated heterocycles. The van der Waals surface area contributed by atoms with Crippen molar-refractivity contribution in [1.29, 1.82) is 0 Å².